The van der Waals surface area contributed by atoms with Crippen LogP contribution in [0.15, 0.2) is 42.5 Å². The van der Waals surface area contributed by atoms with E-state index >= 15 is 0 Å². The van der Waals surface area contributed by atoms with Crippen molar-refractivity contribution in [2.75, 3.05) is 14.2 Å². The van der Waals surface area contributed by atoms with Crippen LogP contribution in [-0.4, -0.2) is 42.5 Å². The summed E-state index contributed by atoms with van der Waals surface area (Å²) in [6.07, 6.45) is 1.37. The first kappa shape index (κ1) is 26.2. The van der Waals surface area contributed by atoms with Gasteiger partial charge in [0.05, 0.1) is 14.2 Å². The first-order chi connectivity index (χ1) is 15.6. The van der Waals surface area contributed by atoms with E-state index in [9.17, 15) is 9.59 Å². The number of benzene rings is 2. The lowest BCUT2D eigenvalue weighted by Gasteiger charge is -2.33. The van der Waals surface area contributed by atoms with Crippen molar-refractivity contribution in [3.63, 3.8) is 0 Å². The second kappa shape index (κ2) is 11.7. The van der Waals surface area contributed by atoms with Crippen LogP contribution in [0.2, 0.25) is 0 Å². The first-order valence-electron chi connectivity index (χ1n) is 11.5. The molecule has 0 aromatic heterocycles. The van der Waals surface area contributed by atoms with Crippen molar-refractivity contribution in [1.82, 2.24) is 10.2 Å². The summed E-state index contributed by atoms with van der Waals surface area (Å²) in [6.45, 7) is 10.2. The summed E-state index contributed by atoms with van der Waals surface area (Å²) in [5, 5.41) is 3.04. The van der Waals surface area contributed by atoms with E-state index in [2.05, 4.69) is 5.32 Å². The molecule has 0 aliphatic heterocycles. The monoisotopic (exact) mass is 454 g/mol. The summed E-state index contributed by atoms with van der Waals surface area (Å²) in [7, 11) is 3.19. The molecule has 2 aromatic rings. The fraction of sp³-hybridized carbons (Fsp3) is 0.481. The third-order valence-corrected chi connectivity index (χ3v) is 5.43. The van der Waals surface area contributed by atoms with Gasteiger partial charge in [-0.2, -0.15) is 0 Å². The molecule has 0 bridgehead atoms. The van der Waals surface area contributed by atoms with Crippen molar-refractivity contribution >= 4 is 11.8 Å². The van der Waals surface area contributed by atoms with E-state index in [0.29, 0.717) is 37.3 Å². The molecule has 2 amide bonds. The van der Waals surface area contributed by atoms with E-state index < -0.39 is 6.04 Å². The second-order valence-corrected chi connectivity index (χ2v) is 9.36. The van der Waals surface area contributed by atoms with Crippen molar-refractivity contribution < 1.29 is 19.1 Å². The second-order valence-electron chi connectivity index (χ2n) is 9.36. The summed E-state index contributed by atoms with van der Waals surface area (Å²) < 4.78 is 10.7. The van der Waals surface area contributed by atoms with Gasteiger partial charge in [0.1, 0.15) is 6.04 Å². The third-order valence-electron chi connectivity index (χ3n) is 5.43. The maximum Gasteiger partial charge on any atom is 0.243 e. The van der Waals surface area contributed by atoms with Crippen LogP contribution in [-0.2, 0) is 22.6 Å². The van der Waals surface area contributed by atoms with Gasteiger partial charge in [0.2, 0.25) is 11.8 Å². The van der Waals surface area contributed by atoms with Crippen molar-refractivity contribution in [3.05, 3.63) is 59.2 Å². The van der Waals surface area contributed by atoms with E-state index in [1.54, 1.807) is 19.1 Å². The Bertz CT molecular complexity index is 932. The zero-order chi connectivity index (χ0) is 24.6. The number of carbonyl (C=O) groups excluding carboxylic acids is 2. The van der Waals surface area contributed by atoms with Gasteiger partial charge in [0.15, 0.2) is 11.5 Å². The van der Waals surface area contributed by atoms with Gasteiger partial charge in [-0.3, -0.25) is 9.59 Å². The van der Waals surface area contributed by atoms with Gasteiger partial charge in [0.25, 0.3) is 0 Å². The lowest BCUT2D eigenvalue weighted by molar-refractivity contribution is -0.142. The molecular formula is C27H38N2O4. The van der Waals surface area contributed by atoms with E-state index in [0.717, 1.165) is 16.7 Å². The Morgan fingerprint density at radius 2 is 1.58 bits per heavy atom. The van der Waals surface area contributed by atoms with Gasteiger partial charge in [-0.1, -0.05) is 42.8 Å². The Balaban J connectivity index is 2.24. The number of ether oxygens (including phenoxy) is 2. The number of nitrogens with one attached hydrogen (secondary N) is 1. The minimum atomic E-state index is -0.538. The SMILES string of the molecule is CC[C@H](C(=O)NC(C)(C)C)N(Cc1ccc(C)cc1)C(=O)CCc1ccc(OC)c(OC)c1. The molecule has 1 atom stereocenters. The predicted octanol–water partition coefficient (Wildman–Crippen LogP) is 4.67. The van der Waals surface area contributed by atoms with E-state index in [4.69, 9.17) is 9.47 Å². The minimum Gasteiger partial charge on any atom is -0.493 e. The number of amides is 2. The maximum absolute atomic E-state index is 13.4. The van der Waals surface area contributed by atoms with Crippen molar-refractivity contribution in [1.29, 1.82) is 0 Å². The van der Waals surface area contributed by atoms with Crippen LogP contribution in [0.5, 0.6) is 11.5 Å². The summed E-state index contributed by atoms with van der Waals surface area (Å²) in [6, 6.07) is 13.2. The maximum atomic E-state index is 13.4. The quantitative estimate of drug-likeness (QED) is 0.567. The third kappa shape index (κ3) is 7.81. The number of methoxy groups -OCH3 is 2. The average Bonchev–Trinajstić information content (AvgIpc) is 2.77. The number of carbonyl (C=O) groups is 2. The molecule has 0 aliphatic carbocycles. The molecule has 0 saturated carbocycles. The molecule has 0 aliphatic rings. The van der Waals surface area contributed by atoms with Crippen molar-refractivity contribution in [2.24, 2.45) is 0 Å². The van der Waals surface area contributed by atoms with Crippen LogP contribution < -0.4 is 14.8 Å². The highest BCUT2D eigenvalue weighted by Gasteiger charge is 2.30. The van der Waals surface area contributed by atoms with Crippen LogP contribution in [0, 0.1) is 6.92 Å². The smallest absolute Gasteiger partial charge is 0.243 e. The molecule has 33 heavy (non-hydrogen) atoms. The Kier molecular flexibility index (Phi) is 9.32. The molecule has 0 saturated heterocycles. The molecule has 180 valence electrons. The molecule has 0 radical (unpaired) electrons. The molecule has 0 fully saturated rings. The highest BCUT2D eigenvalue weighted by atomic mass is 16.5. The Morgan fingerprint density at radius 1 is 0.970 bits per heavy atom. The first-order valence-corrected chi connectivity index (χ1v) is 11.5. The van der Waals surface area contributed by atoms with Crippen LogP contribution in [0.4, 0.5) is 0 Å². The molecule has 2 rings (SSSR count). The van der Waals surface area contributed by atoms with Crippen molar-refractivity contribution in [2.45, 2.75) is 72.0 Å². The van der Waals surface area contributed by atoms with Gasteiger partial charge in [0, 0.05) is 18.5 Å². The molecular weight excluding hydrogens is 416 g/mol. The fourth-order valence-electron chi connectivity index (χ4n) is 3.69. The number of rotatable bonds is 10. The molecule has 6 nitrogen and oxygen atoms in total. The van der Waals surface area contributed by atoms with E-state index in [1.165, 1.54) is 0 Å². The average molecular weight is 455 g/mol. The normalized spacial score (nSPS) is 12.1. The molecule has 0 heterocycles. The topological polar surface area (TPSA) is 67.9 Å². The van der Waals surface area contributed by atoms with Crippen molar-refractivity contribution in [3.8, 4) is 11.5 Å². The van der Waals surface area contributed by atoms with E-state index in [1.807, 2.05) is 77.1 Å². The van der Waals surface area contributed by atoms with Gasteiger partial charge < -0.3 is 19.7 Å². The van der Waals surface area contributed by atoms with Crippen LogP contribution >= 0.6 is 0 Å². The summed E-state index contributed by atoms with van der Waals surface area (Å²) in [5.41, 5.74) is 2.76. The standard InChI is InChI=1S/C27H38N2O4/c1-8-22(26(31)28-27(3,4)5)29(18-21-11-9-19(2)10-12-21)25(30)16-14-20-13-15-23(32-6)24(17-20)33-7/h9-13,15,17,22H,8,14,16,18H2,1-7H3,(H,28,31)/t22-/m1/s1. The van der Waals surface area contributed by atoms with E-state index in [-0.39, 0.29) is 17.4 Å². The molecule has 0 unspecified atom stereocenters. The van der Waals surface area contributed by atoms with Gasteiger partial charge in [-0.15, -0.1) is 0 Å². The zero-order valence-corrected chi connectivity index (χ0v) is 21.0. The number of aryl methyl sites for hydroxylation is 2. The summed E-state index contributed by atoms with van der Waals surface area (Å²) in [4.78, 5) is 28.2. The van der Waals surface area contributed by atoms with Gasteiger partial charge in [-0.05, 0) is 63.8 Å². The van der Waals surface area contributed by atoms with Crippen LogP contribution in [0.25, 0.3) is 0 Å². The predicted molar refractivity (Wildman–Crippen MR) is 132 cm³/mol. The minimum absolute atomic E-state index is 0.0544. The van der Waals surface area contributed by atoms with Crippen LogP contribution in [0.3, 0.4) is 0 Å². The fourth-order valence-corrected chi connectivity index (χ4v) is 3.69. The number of nitrogens with zero attached hydrogens (tertiary/aromatic N) is 1. The molecule has 1 N–H and O–H groups in total. The molecule has 6 heteroatoms. The summed E-state index contributed by atoms with van der Waals surface area (Å²) in [5.74, 6) is 1.10. The molecule has 0 spiro atoms. The molecule has 2 aromatic carbocycles. The lowest BCUT2D eigenvalue weighted by atomic mass is 10.0. The lowest BCUT2D eigenvalue weighted by Crippen LogP contribution is -2.53. The summed E-state index contributed by atoms with van der Waals surface area (Å²) >= 11 is 0. The largest absolute Gasteiger partial charge is 0.493 e. The Hall–Kier alpha value is -3.02. The number of hydrogen-bond donors (Lipinski definition) is 1. The highest BCUT2D eigenvalue weighted by Crippen LogP contribution is 2.28. The number of hydrogen-bond acceptors (Lipinski definition) is 4. The highest BCUT2D eigenvalue weighted by molar-refractivity contribution is 5.88. The Labute approximate surface area is 198 Å². The van der Waals surface area contributed by atoms with Crippen LogP contribution in [0.1, 0.15) is 57.2 Å². The van der Waals surface area contributed by atoms with Gasteiger partial charge in [-0.25, -0.2) is 0 Å². The zero-order valence-electron chi connectivity index (χ0n) is 21.0. The van der Waals surface area contributed by atoms with Gasteiger partial charge >= 0.3 is 0 Å². The Morgan fingerprint density at radius 3 is 2.12 bits per heavy atom.